The SMILES string of the molecule is CCN(C=O)C1(C(=O)O)CCN2CCCCC21. The van der Waals surface area contributed by atoms with E-state index in [0.29, 0.717) is 19.4 Å². The molecule has 0 aromatic carbocycles. The summed E-state index contributed by atoms with van der Waals surface area (Å²) in [5.41, 5.74) is -0.989. The molecule has 0 aromatic rings. The Labute approximate surface area is 101 Å². The van der Waals surface area contributed by atoms with Crippen LogP contribution in [0.4, 0.5) is 0 Å². The monoisotopic (exact) mass is 240 g/mol. The molecule has 2 saturated heterocycles. The summed E-state index contributed by atoms with van der Waals surface area (Å²) in [5.74, 6) is -0.846. The highest BCUT2D eigenvalue weighted by Crippen LogP contribution is 2.39. The molecule has 2 fully saturated rings. The smallest absolute Gasteiger partial charge is 0.331 e. The van der Waals surface area contributed by atoms with Crippen LogP contribution in [0.5, 0.6) is 0 Å². The highest BCUT2D eigenvalue weighted by atomic mass is 16.4. The van der Waals surface area contributed by atoms with Crippen molar-refractivity contribution in [2.75, 3.05) is 19.6 Å². The molecule has 0 spiro atoms. The van der Waals surface area contributed by atoms with Crippen molar-refractivity contribution in [1.82, 2.24) is 9.80 Å². The Bertz CT molecular complexity index is 321. The van der Waals surface area contributed by atoms with Crippen molar-refractivity contribution >= 4 is 12.4 Å². The number of amides is 1. The number of hydrogen-bond donors (Lipinski definition) is 1. The van der Waals surface area contributed by atoms with Gasteiger partial charge in [0.2, 0.25) is 6.41 Å². The van der Waals surface area contributed by atoms with Crippen LogP contribution < -0.4 is 0 Å². The Morgan fingerprint density at radius 3 is 2.88 bits per heavy atom. The van der Waals surface area contributed by atoms with Gasteiger partial charge in [0.1, 0.15) is 0 Å². The van der Waals surface area contributed by atoms with Gasteiger partial charge in [0.25, 0.3) is 0 Å². The average molecular weight is 240 g/mol. The van der Waals surface area contributed by atoms with Crippen LogP contribution in [-0.4, -0.2) is 58.5 Å². The molecule has 0 aliphatic carbocycles. The molecule has 2 aliphatic heterocycles. The largest absolute Gasteiger partial charge is 0.479 e. The molecule has 2 heterocycles. The molecule has 2 aliphatic rings. The van der Waals surface area contributed by atoms with Gasteiger partial charge in [-0.15, -0.1) is 0 Å². The van der Waals surface area contributed by atoms with Gasteiger partial charge in [0.05, 0.1) is 0 Å². The Balaban J connectivity index is 2.34. The number of hydrogen-bond acceptors (Lipinski definition) is 3. The molecule has 0 aromatic heterocycles. The molecule has 5 heteroatoms. The summed E-state index contributed by atoms with van der Waals surface area (Å²) in [5, 5.41) is 9.61. The van der Waals surface area contributed by atoms with Crippen LogP contribution in [0, 0.1) is 0 Å². The fraction of sp³-hybridized carbons (Fsp3) is 0.833. The molecule has 2 rings (SSSR count). The van der Waals surface area contributed by atoms with Gasteiger partial charge in [0.15, 0.2) is 5.54 Å². The van der Waals surface area contributed by atoms with E-state index < -0.39 is 11.5 Å². The van der Waals surface area contributed by atoms with Crippen LogP contribution in [0.3, 0.4) is 0 Å². The molecule has 2 atom stereocenters. The summed E-state index contributed by atoms with van der Waals surface area (Å²) >= 11 is 0. The second kappa shape index (κ2) is 4.64. The first-order valence-electron chi connectivity index (χ1n) is 6.36. The third-order valence-electron chi connectivity index (χ3n) is 4.30. The molecular formula is C12H20N2O3. The lowest BCUT2D eigenvalue weighted by atomic mass is 9.84. The van der Waals surface area contributed by atoms with Crippen LogP contribution in [-0.2, 0) is 9.59 Å². The number of piperidine rings is 1. The molecule has 5 nitrogen and oxygen atoms in total. The van der Waals surface area contributed by atoms with Gasteiger partial charge in [-0.2, -0.15) is 0 Å². The summed E-state index contributed by atoms with van der Waals surface area (Å²) in [7, 11) is 0. The van der Waals surface area contributed by atoms with Crippen molar-refractivity contribution in [3.63, 3.8) is 0 Å². The van der Waals surface area contributed by atoms with Crippen LogP contribution in [0.1, 0.15) is 32.6 Å². The molecular weight excluding hydrogens is 220 g/mol. The minimum atomic E-state index is -0.989. The zero-order valence-corrected chi connectivity index (χ0v) is 10.3. The number of carboxylic acid groups (broad SMARTS) is 1. The Morgan fingerprint density at radius 2 is 2.29 bits per heavy atom. The number of nitrogens with zero attached hydrogens (tertiary/aromatic N) is 2. The number of likely N-dealkylation sites (N-methyl/N-ethyl adjacent to an activating group) is 1. The number of carbonyl (C=O) groups is 2. The molecule has 96 valence electrons. The van der Waals surface area contributed by atoms with E-state index in [1.807, 2.05) is 6.92 Å². The number of carboxylic acids is 1. The number of fused-ring (bicyclic) bond motifs is 1. The molecule has 0 bridgehead atoms. The first-order chi connectivity index (χ1) is 8.16. The van der Waals surface area contributed by atoms with Crippen molar-refractivity contribution in [1.29, 1.82) is 0 Å². The third kappa shape index (κ3) is 1.73. The zero-order valence-electron chi connectivity index (χ0n) is 10.3. The first-order valence-corrected chi connectivity index (χ1v) is 6.36. The maximum absolute atomic E-state index is 11.7. The number of carbonyl (C=O) groups excluding carboxylic acids is 1. The van der Waals surface area contributed by atoms with Gasteiger partial charge in [-0.3, -0.25) is 9.69 Å². The van der Waals surface area contributed by atoms with E-state index in [4.69, 9.17) is 0 Å². The molecule has 1 amide bonds. The van der Waals surface area contributed by atoms with Crippen LogP contribution in [0.15, 0.2) is 0 Å². The zero-order chi connectivity index (χ0) is 12.5. The van der Waals surface area contributed by atoms with E-state index in [1.165, 1.54) is 4.90 Å². The number of aliphatic carboxylic acids is 1. The lowest BCUT2D eigenvalue weighted by Crippen LogP contribution is -2.62. The minimum Gasteiger partial charge on any atom is -0.479 e. The lowest BCUT2D eigenvalue weighted by Gasteiger charge is -2.42. The number of rotatable bonds is 4. The second-order valence-corrected chi connectivity index (χ2v) is 4.92. The normalized spacial score (nSPS) is 33.1. The van der Waals surface area contributed by atoms with Crippen LogP contribution in [0.25, 0.3) is 0 Å². The lowest BCUT2D eigenvalue weighted by molar-refractivity contribution is -0.157. The van der Waals surface area contributed by atoms with Gasteiger partial charge in [-0.05, 0) is 32.7 Å². The highest BCUT2D eigenvalue weighted by Gasteiger charge is 2.56. The third-order valence-corrected chi connectivity index (χ3v) is 4.30. The van der Waals surface area contributed by atoms with Gasteiger partial charge in [0, 0.05) is 19.1 Å². The van der Waals surface area contributed by atoms with E-state index >= 15 is 0 Å². The Morgan fingerprint density at radius 1 is 1.53 bits per heavy atom. The summed E-state index contributed by atoms with van der Waals surface area (Å²) < 4.78 is 0. The summed E-state index contributed by atoms with van der Waals surface area (Å²) in [6, 6.07) is -0.00102. The van der Waals surface area contributed by atoms with E-state index in [2.05, 4.69) is 4.90 Å². The quantitative estimate of drug-likeness (QED) is 0.729. The van der Waals surface area contributed by atoms with Crippen LogP contribution in [0.2, 0.25) is 0 Å². The molecule has 0 radical (unpaired) electrons. The molecule has 1 N–H and O–H groups in total. The van der Waals surface area contributed by atoms with E-state index in [9.17, 15) is 14.7 Å². The van der Waals surface area contributed by atoms with E-state index in [1.54, 1.807) is 0 Å². The summed E-state index contributed by atoms with van der Waals surface area (Å²) in [4.78, 5) is 26.6. The first kappa shape index (κ1) is 12.4. The Kier molecular flexibility index (Phi) is 3.38. The standard InChI is InChI=1S/C12H20N2O3/c1-2-14(9-15)12(11(16)17)6-8-13-7-4-3-5-10(12)13/h9-10H,2-8H2,1H3,(H,16,17). The molecule has 0 saturated carbocycles. The predicted molar refractivity (Wildman–Crippen MR) is 62.6 cm³/mol. The van der Waals surface area contributed by atoms with Gasteiger partial charge in [-0.25, -0.2) is 4.79 Å². The average Bonchev–Trinajstić information content (AvgIpc) is 2.72. The van der Waals surface area contributed by atoms with Gasteiger partial charge >= 0.3 is 5.97 Å². The summed E-state index contributed by atoms with van der Waals surface area (Å²) in [6.07, 6.45) is 4.34. The molecule has 17 heavy (non-hydrogen) atoms. The van der Waals surface area contributed by atoms with Crippen molar-refractivity contribution in [3.8, 4) is 0 Å². The van der Waals surface area contributed by atoms with Crippen molar-refractivity contribution in [2.45, 2.75) is 44.2 Å². The van der Waals surface area contributed by atoms with E-state index in [-0.39, 0.29) is 6.04 Å². The predicted octanol–water partition coefficient (Wildman–Crippen LogP) is 0.546. The molecule has 2 unspecified atom stereocenters. The van der Waals surface area contributed by atoms with Crippen molar-refractivity contribution in [2.24, 2.45) is 0 Å². The van der Waals surface area contributed by atoms with Crippen LogP contribution >= 0.6 is 0 Å². The van der Waals surface area contributed by atoms with Gasteiger partial charge in [-0.1, -0.05) is 6.42 Å². The minimum absolute atomic E-state index is 0.00102. The fourth-order valence-corrected chi connectivity index (χ4v) is 3.44. The van der Waals surface area contributed by atoms with Crippen molar-refractivity contribution in [3.05, 3.63) is 0 Å². The highest BCUT2D eigenvalue weighted by molar-refractivity contribution is 5.83. The topological polar surface area (TPSA) is 60.9 Å². The van der Waals surface area contributed by atoms with E-state index in [0.717, 1.165) is 32.4 Å². The Hall–Kier alpha value is -1.10. The maximum atomic E-state index is 11.7. The maximum Gasteiger partial charge on any atom is 0.331 e. The van der Waals surface area contributed by atoms with Gasteiger partial charge < -0.3 is 10.0 Å². The second-order valence-electron chi connectivity index (χ2n) is 4.92. The van der Waals surface area contributed by atoms with Crippen molar-refractivity contribution < 1.29 is 14.7 Å². The fourth-order valence-electron chi connectivity index (χ4n) is 3.44. The summed E-state index contributed by atoms with van der Waals surface area (Å²) in [6.45, 7) is 4.06.